The standard InChI is InChI=1S/C16H26O6/c17-14(18)9-16(15(19)20,7-3-1-5-12-10-21-12)8-4-2-6-13-11-22-13/h12-13H,1-11H2,(H,17,18)(H,19,20). The molecule has 2 aliphatic rings. The topological polar surface area (TPSA) is 99.7 Å². The number of hydrogen-bond donors (Lipinski definition) is 2. The first-order valence-electron chi connectivity index (χ1n) is 8.20. The third kappa shape index (κ3) is 5.93. The summed E-state index contributed by atoms with van der Waals surface area (Å²) >= 11 is 0. The van der Waals surface area contributed by atoms with Crippen molar-refractivity contribution in [2.45, 2.75) is 70.0 Å². The lowest BCUT2D eigenvalue weighted by Crippen LogP contribution is -2.34. The minimum absolute atomic E-state index is 0.289. The van der Waals surface area contributed by atoms with Crippen LogP contribution in [-0.4, -0.2) is 47.6 Å². The average molecular weight is 314 g/mol. The van der Waals surface area contributed by atoms with Crippen LogP contribution in [0, 0.1) is 5.41 Å². The molecule has 2 heterocycles. The largest absolute Gasteiger partial charge is 0.481 e. The maximum atomic E-state index is 11.7. The Morgan fingerprint density at radius 3 is 1.68 bits per heavy atom. The quantitative estimate of drug-likeness (QED) is 0.400. The third-order valence-corrected chi connectivity index (χ3v) is 4.61. The van der Waals surface area contributed by atoms with Crippen LogP contribution in [0.5, 0.6) is 0 Å². The average Bonchev–Trinajstić information content (AvgIpc) is 3.33. The molecule has 0 aromatic rings. The van der Waals surface area contributed by atoms with E-state index >= 15 is 0 Å². The van der Waals surface area contributed by atoms with Gasteiger partial charge in [-0.1, -0.05) is 25.7 Å². The van der Waals surface area contributed by atoms with Crippen molar-refractivity contribution in [1.29, 1.82) is 0 Å². The molecule has 6 nitrogen and oxygen atoms in total. The van der Waals surface area contributed by atoms with Crippen molar-refractivity contribution in [2.24, 2.45) is 5.41 Å². The lowest BCUT2D eigenvalue weighted by molar-refractivity contribution is -0.157. The molecular formula is C16H26O6. The van der Waals surface area contributed by atoms with E-state index in [1.807, 2.05) is 0 Å². The van der Waals surface area contributed by atoms with Crippen LogP contribution in [0.25, 0.3) is 0 Å². The van der Waals surface area contributed by atoms with E-state index in [0.717, 1.165) is 51.7 Å². The molecule has 22 heavy (non-hydrogen) atoms. The molecule has 2 N–H and O–H groups in total. The molecule has 2 fully saturated rings. The van der Waals surface area contributed by atoms with E-state index in [1.54, 1.807) is 0 Å². The third-order valence-electron chi connectivity index (χ3n) is 4.61. The van der Waals surface area contributed by atoms with Crippen molar-refractivity contribution >= 4 is 11.9 Å². The summed E-state index contributed by atoms with van der Waals surface area (Å²) in [5.74, 6) is -2.00. The van der Waals surface area contributed by atoms with Gasteiger partial charge in [0.25, 0.3) is 0 Å². The molecule has 0 aromatic heterocycles. The van der Waals surface area contributed by atoms with Crippen LogP contribution < -0.4 is 0 Å². The number of carbonyl (C=O) groups is 2. The van der Waals surface area contributed by atoms with Crippen molar-refractivity contribution in [3.8, 4) is 0 Å². The lowest BCUT2D eigenvalue weighted by Gasteiger charge is -2.28. The summed E-state index contributed by atoms with van der Waals surface area (Å²) in [4.78, 5) is 22.8. The highest BCUT2D eigenvalue weighted by Gasteiger charge is 2.40. The highest BCUT2D eigenvalue weighted by molar-refractivity contribution is 5.81. The number of aliphatic carboxylic acids is 2. The molecule has 0 radical (unpaired) electrons. The summed E-state index contributed by atoms with van der Waals surface area (Å²) in [5.41, 5.74) is -1.12. The van der Waals surface area contributed by atoms with Gasteiger partial charge < -0.3 is 19.7 Å². The fourth-order valence-corrected chi connectivity index (χ4v) is 3.02. The zero-order valence-corrected chi connectivity index (χ0v) is 13.0. The first-order chi connectivity index (χ1) is 10.5. The van der Waals surface area contributed by atoms with Crippen LogP contribution in [0.1, 0.15) is 57.8 Å². The molecule has 6 heteroatoms. The van der Waals surface area contributed by atoms with E-state index in [0.29, 0.717) is 25.0 Å². The summed E-state index contributed by atoms with van der Waals surface area (Å²) in [6.45, 7) is 1.62. The minimum atomic E-state index is -1.12. The fourth-order valence-electron chi connectivity index (χ4n) is 3.02. The van der Waals surface area contributed by atoms with Crippen LogP contribution in [0.3, 0.4) is 0 Å². The second-order valence-electron chi connectivity index (χ2n) is 6.56. The Morgan fingerprint density at radius 1 is 0.909 bits per heavy atom. The zero-order valence-electron chi connectivity index (χ0n) is 13.0. The first-order valence-corrected chi connectivity index (χ1v) is 8.20. The number of rotatable bonds is 13. The van der Waals surface area contributed by atoms with Gasteiger partial charge in [-0.2, -0.15) is 0 Å². The monoisotopic (exact) mass is 314 g/mol. The minimum Gasteiger partial charge on any atom is -0.481 e. The molecule has 126 valence electrons. The van der Waals surface area contributed by atoms with E-state index in [-0.39, 0.29) is 6.42 Å². The van der Waals surface area contributed by atoms with Crippen LogP contribution in [-0.2, 0) is 19.1 Å². The fraction of sp³-hybridized carbons (Fsp3) is 0.875. The number of hydrogen-bond acceptors (Lipinski definition) is 4. The second-order valence-corrected chi connectivity index (χ2v) is 6.56. The van der Waals surface area contributed by atoms with Gasteiger partial charge in [0.05, 0.1) is 37.3 Å². The molecule has 0 spiro atoms. The molecule has 0 aromatic carbocycles. The van der Waals surface area contributed by atoms with Gasteiger partial charge in [0.1, 0.15) is 0 Å². The SMILES string of the molecule is O=C(O)CC(CCCCC1CO1)(CCCCC1CO1)C(=O)O. The van der Waals surface area contributed by atoms with Crippen molar-refractivity contribution in [1.82, 2.24) is 0 Å². The predicted molar refractivity (Wildman–Crippen MR) is 78.7 cm³/mol. The van der Waals surface area contributed by atoms with Crippen molar-refractivity contribution in [3.63, 3.8) is 0 Å². The van der Waals surface area contributed by atoms with Crippen molar-refractivity contribution in [3.05, 3.63) is 0 Å². The van der Waals surface area contributed by atoms with E-state index in [2.05, 4.69) is 0 Å². The molecule has 2 rings (SSSR count). The maximum absolute atomic E-state index is 11.7. The second kappa shape index (κ2) is 7.92. The summed E-state index contributed by atoms with van der Waals surface area (Å²) in [6, 6.07) is 0. The van der Waals surface area contributed by atoms with E-state index in [1.165, 1.54) is 0 Å². The van der Waals surface area contributed by atoms with E-state index < -0.39 is 17.4 Å². The summed E-state index contributed by atoms with van der Waals surface area (Å²) < 4.78 is 10.3. The summed E-state index contributed by atoms with van der Waals surface area (Å²) in [7, 11) is 0. The molecule has 2 aliphatic heterocycles. The van der Waals surface area contributed by atoms with E-state index in [4.69, 9.17) is 14.6 Å². The number of carboxylic acid groups (broad SMARTS) is 2. The van der Waals surface area contributed by atoms with Gasteiger partial charge in [0.2, 0.25) is 0 Å². The normalized spacial score (nSPS) is 25.5. The van der Waals surface area contributed by atoms with E-state index in [9.17, 15) is 14.7 Å². The Balaban J connectivity index is 1.80. The predicted octanol–water partition coefficient (Wildman–Crippen LogP) is 2.45. The number of unbranched alkanes of at least 4 members (excludes halogenated alkanes) is 2. The van der Waals surface area contributed by atoms with Crippen LogP contribution in [0.4, 0.5) is 0 Å². The van der Waals surface area contributed by atoms with Gasteiger partial charge in [0, 0.05) is 0 Å². The van der Waals surface area contributed by atoms with Gasteiger partial charge in [-0.3, -0.25) is 9.59 Å². The highest BCUT2D eigenvalue weighted by atomic mass is 16.6. The Kier molecular flexibility index (Phi) is 6.20. The van der Waals surface area contributed by atoms with Gasteiger partial charge in [-0.15, -0.1) is 0 Å². The molecule has 2 atom stereocenters. The Hall–Kier alpha value is -1.14. The van der Waals surface area contributed by atoms with Crippen molar-refractivity contribution < 1.29 is 29.3 Å². The summed E-state index contributed by atoms with van der Waals surface area (Å²) in [6.07, 6.45) is 6.43. The number of ether oxygens (including phenoxy) is 2. The van der Waals surface area contributed by atoms with Crippen LogP contribution in [0.2, 0.25) is 0 Å². The number of epoxide rings is 2. The Morgan fingerprint density at radius 2 is 1.36 bits per heavy atom. The molecule has 0 saturated carbocycles. The number of carboxylic acids is 2. The molecule has 2 unspecified atom stereocenters. The van der Waals surface area contributed by atoms with Gasteiger partial charge >= 0.3 is 11.9 Å². The smallest absolute Gasteiger partial charge is 0.310 e. The van der Waals surface area contributed by atoms with Crippen molar-refractivity contribution in [2.75, 3.05) is 13.2 Å². The molecule has 0 amide bonds. The maximum Gasteiger partial charge on any atom is 0.310 e. The first kappa shape index (κ1) is 17.2. The summed E-state index contributed by atoms with van der Waals surface area (Å²) in [5, 5.41) is 18.7. The highest BCUT2D eigenvalue weighted by Crippen LogP contribution is 2.36. The Labute approximate surface area is 130 Å². The van der Waals surface area contributed by atoms with Gasteiger partial charge in [-0.25, -0.2) is 0 Å². The molecular weight excluding hydrogens is 288 g/mol. The molecule has 0 aliphatic carbocycles. The molecule has 2 saturated heterocycles. The molecule has 0 bridgehead atoms. The Bertz CT molecular complexity index is 366. The van der Waals surface area contributed by atoms with Gasteiger partial charge in [-0.05, 0) is 25.7 Å². The van der Waals surface area contributed by atoms with Crippen LogP contribution >= 0.6 is 0 Å². The van der Waals surface area contributed by atoms with Crippen LogP contribution in [0.15, 0.2) is 0 Å². The van der Waals surface area contributed by atoms with Gasteiger partial charge in [0.15, 0.2) is 0 Å². The lowest BCUT2D eigenvalue weighted by atomic mass is 9.75. The zero-order chi connectivity index (χ0) is 16.0.